The highest BCUT2D eigenvalue weighted by molar-refractivity contribution is 5.59. The molecule has 0 spiro atoms. The summed E-state index contributed by atoms with van der Waals surface area (Å²) in [6.45, 7) is 3.81. The number of aliphatic hydroxyl groups is 1. The van der Waals surface area contributed by atoms with Gasteiger partial charge in [-0.1, -0.05) is 6.92 Å². The number of hydrogen-bond acceptors (Lipinski definition) is 3. The quantitative estimate of drug-likeness (QED) is 0.911. The normalized spacial score (nSPS) is 23.2. The minimum Gasteiger partial charge on any atom is -0.396 e. The molecule has 0 amide bonds. The first-order chi connectivity index (χ1) is 9.14. The van der Waals surface area contributed by atoms with E-state index in [1.807, 2.05) is 0 Å². The molecule has 1 aliphatic heterocycles. The maximum absolute atomic E-state index is 13.2. The van der Waals surface area contributed by atoms with Crippen molar-refractivity contribution in [3.8, 4) is 6.07 Å². The summed E-state index contributed by atoms with van der Waals surface area (Å²) < 4.78 is 13.2. The second kappa shape index (κ2) is 5.58. The molecule has 102 valence electrons. The van der Waals surface area contributed by atoms with Gasteiger partial charge in [-0.15, -0.1) is 0 Å². The standard InChI is InChI=1S/C15H19FN2O/c1-2-15(11-19)6-3-7-18(10-15)14-5-4-13(16)8-12(14)9-17/h4-5,8,19H,2-3,6-7,10-11H2,1H3/t15-/m0/s1. The lowest BCUT2D eigenvalue weighted by atomic mass is 9.78. The molecule has 1 fully saturated rings. The molecule has 1 atom stereocenters. The van der Waals surface area contributed by atoms with Crippen molar-refractivity contribution in [3.63, 3.8) is 0 Å². The first kappa shape index (κ1) is 13.8. The van der Waals surface area contributed by atoms with Crippen LogP contribution < -0.4 is 4.90 Å². The molecule has 2 rings (SSSR count). The van der Waals surface area contributed by atoms with Crippen LogP contribution in [-0.2, 0) is 0 Å². The summed E-state index contributed by atoms with van der Waals surface area (Å²) in [5.74, 6) is -0.388. The topological polar surface area (TPSA) is 47.3 Å². The first-order valence-electron chi connectivity index (χ1n) is 6.69. The van der Waals surface area contributed by atoms with E-state index in [2.05, 4.69) is 17.9 Å². The van der Waals surface area contributed by atoms with E-state index in [1.54, 1.807) is 6.07 Å². The van der Waals surface area contributed by atoms with Crippen LogP contribution >= 0.6 is 0 Å². The van der Waals surface area contributed by atoms with Gasteiger partial charge in [0.05, 0.1) is 17.9 Å². The Morgan fingerprint density at radius 1 is 1.53 bits per heavy atom. The van der Waals surface area contributed by atoms with Crippen molar-refractivity contribution in [2.75, 3.05) is 24.6 Å². The molecule has 0 unspecified atom stereocenters. The lowest BCUT2D eigenvalue weighted by Crippen LogP contribution is -2.45. The Balaban J connectivity index is 2.30. The van der Waals surface area contributed by atoms with Crippen LogP contribution in [0.1, 0.15) is 31.7 Å². The fourth-order valence-corrected chi connectivity index (χ4v) is 2.82. The summed E-state index contributed by atoms with van der Waals surface area (Å²) in [6.07, 6.45) is 2.89. The van der Waals surface area contributed by atoms with Crippen molar-refractivity contribution in [2.24, 2.45) is 5.41 Å². The molecule has 0 bridgehead atoms. The van der Waals surface area contributed by atoms with Gasteiger partial charge in [0.2, 0.25) is 0 Å². The van der Waals surface area contributed by atoms with Crippen molar-refractivity contribution in [2.45, 2.75) is 26.2 Å². The Kier molecular flexibility index (Phi) is 4.06. The van der Waals surface area contributed by atoms with Crippen LogP contribution in [0.4, 0.5) is 10.1 Å². The number of halogens is 1. The lowest BCUT2D eigenvalue weighted by molar-refractivity contribution is 0.101. The minimum atomic E-state index is -0.388. The molecule has 4 heteroatoms. The molecule has 0 aliphatic carbocycles. The average Bonchev–Trinajstić information content (AvgIpc) is 2.47. The van der Waals surface area contributed by atoms with E-state index in [0.717, 1.165) is 38.0 Å². The highest BCUT2D eigenvalue weighted by Crippen LogP contribution is 2.36. The molecule has 0 radical (unpaired) electrons. The number of nitrogens with zero attached hydrogens (tertiary/aromatic N) is 2. The van der Waals surface area contributed by atoms with Gasteiger partial charge < -0.3 is 10.0 Å². The largest absolute Gasteiger partial charge is 0.396 e. The molecule has 3 nitrogen and oxygen atoms in total. The average molecular weight is 262 g/mol. The summed E-state index contributed by atoms with van der Waals surface area (Å²) in [5, 5.41) is 18.8. The van der Waals surface area contributed by atoms with Crippen molar-refractivity contribution < 1.29 is 9.50 Å². The van der Waals surface area contributed by atoms with E-state index >= 15 is 0 Å². The first-order valence-corrected chi connectivity index (χ1v) is 6.69. The Bertz CT molecular complexity index is 491. The minimum absolute atomic E-state index is 0.0979. The van der Waals surface area contributed by atoms with Crippen molar-refractivity contribution in [1.29, 1.82) is 5.26 Å². The van der Waals surface area contributed by atoms with Gasteiger partial charge in [0.25, 0.3) is 0 Å². The van der Waals surface area contributed by atoms with E-state index < -0.39 is 0 Å². The lowest BCUT2D eigenvalue weighted by Gasteiger charge is -2.42. The van der Waals surface area contributed by atoms with E-state index in [1.165, 1.54) is 12.1 Å². The van der Waals surface area contributed by atoms with Crippen molar-refractivity contribution in [3.05, 3.63) is 29.6 Å². The second-order valence-corrected chi connectivity index (χ2v) is 5.31. The van der Waals surface area contributed by atoms with Crippen LogP contribution in [0.2, 0.25) is 0 Å². The summed E-state index contributed by atoms with van der Waals surface area (Å²) in [5.41, 5.74) is 1.04. The number of anilines is 1. The van der Waals surface area contributed by atoms with Crippen LogP contribution in [0.5, 0.6) is 0 Å². The summed E-state index contributed by atoms with van der Waals surface area (Å²) in [6, 6.07) is 6.38. The molecule has 0 aromatic heterocycles. The molecule has 1 aromatic rings. The number of rotatable bonds is 3. The molecule has 1 saturated heterocycles. The predicted octanol–water partition coefficient (Wildman–Crippen LogP) is 2.69. The molecule has 0 saturated carbocycles. The number of aliphatic hydroxyl groups excluding tert-OH is 1. The van der Waals surface area contributed by atoms with Gasteiger partial charge in [-0.25, -0.2) is 4.39 Å². The maximum Gasteiger partial charge on any atom is 0.124 e. The zero-order valence-corrected chi connectivity index (χ0v) is 11.2. The number of hydrogen-bond donors (Lipinski definition) is 1. The van der Waals surface area contributed by atoms with Crippen LogP contribution in [0.3, 0.4) is 0 Å². The van der Waals surface area contributed by atoms with Crippen LogP contribution in [0, 0.1) is 22.6 Å². The Labute approximate surface area is 113 Å². The Morgan fingerprint density at radius 2 is 2.32 bits per heavy atom. The van der Waals surface area contributed by atoms with Crippen LogP contribution in [0.25, 0.3) is 0 Å². The predicted molar refractivity (Wildman–Crippen MR) is 72.4 cm³/mol. The highest BCUT2D eigenvalue weighted by atomic mass is 19.1. The van der Waals surface area contributed by atoms with Crippen molar-refractivity contribution in [1.82, 2.24) is 0 Å². The summed E-state index contributed by atoms with van der Waals surface area (Å²) in [4.78, 5) is 2.10. The van der Waals surface area contributed by atoms with Gasteiger partial charge in [-0.2, -0.15) is 5.26 Å². The summed E-state index contributed by atoms with van der Waals surface area (Å²) >= 11 is 0. The van der Waals surface area contributed by atoms with Gasteiger partial charge in [-0.05, 0) is 37.5 Å². The van der Waals surface area contributed by atoms with Gasteiger partial charge >= 0.3 is 0 Å². The van der Waals surface area contributed by atoms with Crippen molar-refractivity contribution >= 4 is 5.69 Å². The Hall–Kier alpha value is -1.60. The molecule has 1 N–H and O–H groups in total. The molecule has 1 aromatic carbocycles. The van der Waals surface area contributed by atoms with Gasteiger partial charge in [0, 0.05) is 18.5 Å². The molecule has 1 heterocycles. The Morgan fingerprint density at radius 3 is 2.95 bits per heavy atom. The molecule has 1 aliphatic rings. The zero-order chi connectivity index (χ0) is 13.9. The van der Waals surface area contributed by atoms with Crippen LogP contribution in [-0.4, -0.2) is 24.8 Å². The number of piperidine rings is 1. The van der Waals surface area contributed by atoms with E-state index in [-0.39, 0.29) is 17.8 Å². The highest BCUT2D eigenvalue weighted by Gasteiger charge is 2.34. The SMILES string of the molecule is CC[C@]1(CO)CCCN(c2ccc(F)cc2C#N)C1. The number of benzene rings is 1. The van der Waals surface area contributed by atoms with Crippen LogP contribution in [0.15, 0.2) is 18.2 Å². The van der Waals surface area contributed by atoms with Gasteiger partial charge in [-0.3, -0.25) is 0 Å². The summed E-state index contributed by atoms with van der Waals surface area (Å²) in [7, 11) is 0. The maximum atomic E-state index is 13.2. The fraction of sp³-hybridized carbons (Fsp3) is 0.533. The third-order valence-electron chi connectivity index (χ3n) is 4.17. The van der Waals surface area contributed by atoms with E-state index in [4.69, 9.17) is 5.26 Å². The van der Waals surface area contributed by atoms with E-state index in [0.29, 0.717) is 5.56 Å². The van der Waals surface area contributed by atoms with Gasteiger partial charge in [0.15, 0.2) is 0 Å². The zero-order valence-electron chi connectivity index (χ0n) is 11.2. The molecule has 19 heavy (non-hydrogen) atoms. The number of nitriles is 1. The smallest absolute Gasteiger partial charge is 0.124 e. The molecular formula is C15H19FN2O. The molecular weight excluding hydrogens is 243 g/mol. The monoisotopic (exact) mass is 262 g/mol. The van der Waals surface area contributed by atoms with Gasteiger partial charge in [0.1, 0.15) is 11.9 Å². The third-order valence-corrected chi connectivity index (χ3v) is 4.17. The van der Waals surface area contributed by atoms with E-state index in [9.17, 15) is 9.50 Å². The second-order valence-electron chi connectivity index (χ2n) is 5.31. The fourth-order valence-electron chi connectivity index (χ4n) is 2.82. The third kappa shape index (κ3) is 2.71.